The quantitative estimate of drug-likeness (QED) is 0.809. The molecule has 0 saturated carbocycles. The monoisotopic (exact) mass is 304 g/mol. The molecule has 22 heavy (non-hydrogen) atoms. The number of carbonyl (C=O) groups excluding carboxylic acids is 1. The molecular formula is C15H20N4O3. The Kier molecular flexibility index (Phi) is 4.25. The van der Waals surface area contributed by atoms with Crippen molar-refractivity contribution in [2.24, 2.45) is 0 Å². The Labute approximate surface area is 128 Å². The van der Waals surface area contributed by atoms with Crippen molar-refractivity contribution in [2.75, 3.05) is 18.2 Å². The number of aromatic nitrogens is 2. The minimum absolute atomic E-state index is 0.473. The van der Waals surface area contributed by atoms with Crippen LogP contribution in [0, 0.1) is 0 Å². The van der Waals surface area contributed by atoms with Crippen LogP contribution in [0.25, 0.3) is 11.3 Å². The lowest BCUT2D eigenvalue weighted by atomic mass is 10.1. The van der Waals surface area contributed by atoms with Gasteiger partial charge in [0.25, 0.3) is 0 Å². The molecule has 7 heteroatoms. The highest BCUT2D eigenvalue weighted by atomic mass is 16.6. The van der Waals surface area contributed by atoms with Gasteiger partial charge in [-0.1, -0.05) is 0 Å². The minimum Gasteiger partial charge on any atom is -0.497 e. The first-order valence-electron chi connectivity index (χ1n) is 6.77. The van der Waals surface area contributed by atoms with Crippen LogP contribution in [0.3, 0.4) is 0 Å². The van der Waals surface area contributed by atoms with Crippen LogP contribution in [0.1, 0.15) is 20.8 Å². The molecule has 0 atom stereocenters. The maximum atomic E-state index is 12.0. The molecule has 0 fully saturated rings. The van der Waals surface area contributed by atoms with Gasteiger partial charge in [-0.15, -0.1) is 0 Å². The SMILES string of the molecule is COc1ccc(NC(=O)OC(C)(C)C)c(-c2[nH]ncc2N)c1. The van der Waals surface area contributed by atoms with Crippen molar-refractivity contribution in [2.45, 2.75) is 26.4 Å². The first kappa shape index (κ1) is 15.7. The summed E-state index contributed by atoms with van der Waals surface area (Å²) in [6, 6.07) is 5.22. The van der Waals surface area contributed by atoms with E-state index in [1.54, 1.807) is 46.1 Å². The number of methoxy groups -OCH3 is 1. The van der Waals surface area contributed by atoms with Crippen LogP contribution >= 0.6 is 0 Å². The molecule has 0 aliphatic heterocycles. The normalized spacial score (nSPS) is 11.1. The molecule has 0 aliphatic carbocycles. The van der Waals surface area contributed by atoms with Crippen LogP contribution in [-0.2, 0) is 4.74 Å². The van der Waals surface area contributed by atoms with Crippen LogP contribution in [-0.4, -0.2) is 29.0 Å². The number of rotatable bonds is 3. The summed E-state index contributed by atoms with van der Waals surface area (Å²) in [5, 5.41) is 9.42. The molecule has 0 radical (unpaired) electrons. The molecule has 0 unspecified atom stereocenters. The molecular weight excluding hydrogens is 284 g/mol. The average molecular weight is 304 g/mol. The van der Waals surface area contributed by atoms with Crippen LogP contribution in [0.4, 0.5) is 16.2 Å². The van der Waals surface area contributed by atoms with E-state index in [0.29, 0.717) is 28.4 Å². The van der Waals surface area contributed by atoms with E-state index in [-0.39, 0.29) is 0 Å². The summed E-state index contributed by atoms with van der Waals surface area (Å²) in [4.78, 5) is 12.0. The van der Waals surface area contributed by atoms with Gasteiger partial charge in [0.2, 0.25) is 0 Å². The number of nitrogens with zero attached hydrogens (tertiary/aromatic N) is 1. The van der Waals surface area contributed by atoms with Crippen molar-refractivity contribution in [1.82, 2.24) is 10.2 Å². The average Bonchev–Trinajstić information content (AvgIpc) is 2.83. The molecule has 118 valence electrons. The summed E-state index contributed by atoms with van der Waals surface area (Å²) in [5.41, 5.74) is 7.60. The van der Waals surface area contributed by atoms with Gasteiger partial charge < -0.3 is 15.2 Å². The number of nitrogen functional groups attached to an aromatic ring is 1. The second-order valence-electron chi connectivity index (χ2n) is 5.74. The lowest BCUT2D eigenvalue weighted by molar-refractivity contribution is 0.0636. The highest BCUT2D eigenvalue weighted by Gasteiger charge is 2.19. The number of aromatic amines is 1. The van der Waals surface area contributed by atoms with Crippen molar-refractivity contribution < 1.29 is 14.3 Å². The number of benzene rings is 1. The standard InChI is InChI=1S/C15H20N4O3/c1-15(2,3)22-14(20)18-12-6-5-9(21-4)7-10(12)13-11(16)8-17-19-13/h5-8H,16H2,1-4H3,(H,17,19)(H,18,20). The molecule has 0 aliphatic rings. The molecule has 0 spiro atoms. The van der Waals surface area contributed by atoms with Crippen molar-refractivity contribution in [3.8, 4) is 17.0 Å². The molecule has 1 aromatic heterocycles. The molecule has 2 rings (SSSR count). The largest absolute Gasteiger partial charge is 0.497 e. The predicted octanol–water partition coefficient (Wildman–Crippen LogP) is 3.01. The third-order valence-electron chi connectivity index (χ3n) is 2.80. The van der Waals surface area contributed by atoms with Crippen molar-refractivity contribution in [3.63, 3.8) is 0 Å². The molecule has 1 heterocycles. The zero-order valence-corrected chi connectivity index (χ0v) is 13.1. The van der Waals surface area contributed by atoms with E-state index in [9.17, 15) is 4.79 Å². The smallest absolute Gasteiger partial charge is 0.412 e. The highest BCUT2D eigenvalue weighted by molar-refractivity contribution is 5.93. The molecule has 0 bridgehead atoms. The third-order valence-corrected chi connectivity index (χ3v) is 2.80. The highest BCUT2D eigenvalue weighted by Crippen LogP contribution is 2.33. The molecule has 2 aromatic rings. The van der Waals surface area contributed by atoms with E-state index in [4.69, 9.17) is 15.2 Å². The number of anilines is 2. The van der Waals surface area contributed by atoms with Gasteiger partial charge in [-0.2, -0.15) is 5.10 Å². The lowest BCUT2D eigenvalue weighted by Crippen LogP contribution is -2.27. The Balaban J connectivity index is 2.35. The number of nitrogens with two attached hydrogens (primary N) is 1. The van der Waals surface area contributed by atoms with Crippen LogP contribution in [0.15, 0.2) is 24.4 Å². The summed E-state index contributed by atoms with van der Waals surface area (Å²) in [7, 11) is 1.57. The van der Waals surface area contributed by atoms with E-state index in [1.165, 1.54) is 6.20 Å². The van der Waals surface area contributed by atoms with E-state index in [2.05, 4.69) is 15.5 Å². The Morgan fingerprint density at radius 3 is 2.64 bits per heavy atom. The molecule has 7 nitrogen and oxygen atoms in total. The van der Waals surface area contributed by atoms with Gasteiger partial charge in [0, 0.05) is 5.56 Å². The number of hydrogen-bond donors (Lipinski definition) is 3. The number of amides is 1. The van der Waals surface area contributed by atoms with Gasteiger partial charge >= 0.3 is 6.09 Å². The summed E-state index contributed by atoms with van der Waals surface area (Å²) in [6.07, 6.45) is 0.962. The Morgan fingerprint density at radius 2 is 2.09 bits per heavy atom. The molecule has 1 aromatic carbocycles. The molecule has 1 amide bonds. The number of hydrogen-bond acceptors (Lipinski definition) is 5. The first-order valence-corrected chi connectivity index (χ1v) is 6.77. The minimum atomic E-state index is -0.580. The zero-order valence-electron chi connectivity index (χ0n) is 13.1. The van der Waals surface area contributed by atoms with Crippen molar-refractivity contribution in [1.29, 1.82) is 0 Å². The van der Waals surface area contributed by atoms with Gasteiger partial charge in [-0.05, 0) is 39.0 Å². The Bertz CT molecular complexity index is 674. The number of ether oxygens (including phenoxy) is 2. The Morgan fingerprint density at radius 1 is 1.36 bits per heavy atom. The van der Waals surface area contributed by atoms with Crippen LogP contribution in [0.5, 0.6) is 5.75 Å². The maximum Gasteiger partial charge on any atom is 0.412 e. The summed E-state index contributed by atoms with van der Waals surface area (Å²) < 4.78 is 10.5. The van der Waals surface area contributed by atoms with Gasteiger partial charge in [-0.25, -0.2) is 4.79 Å². The second-order valence-corrected chi connectivity index (χ2v) is 5.74. The van der Waals surface area contributed by atoms with Crippen LogP contribution in [0.2, 0.25) is 0 Å². The first-order chi connectivity index (χ1) is 10.3. The summed E-state index contributed by atoms with van der Waals surface area (Å²) >= 11 is 0. The second kappa shape index (κ2) is 5.97. The zero-order chi connectivity index (χ0) is 16.3. The van der Waals surface area contributed by atoms with E-state index in [1.807, 2.05) is 0 Å². The fourth-order valence-electron chi connectivity index (χ4n) is 1.89. The van der Waals surface area contributed by atoms with Crippen molar-refractivity contribution in [3.05, 3.63) is 24.4 Å². The molecule has 0 saturated heterocycles. The Hall–Kier alpha value is -2.70. The third kappa shape index (κ3) is 3.69. The van der Waals surface area contributed by atoms with Gasteiger partial charge in [-0.3, -0.25) is 10.4 Å². The van der Waals surface area contributed by atoms with Gasteiger partial charge in [0.15, 0.2) is 0 Å². The lowest BCUT2D eigenvalue weighted by Gasteiger charge is -2.20. The summed E-state index contributed by atoms with van der Waals surface area (Å²) in [5.74, 6) is 0.638. The van der Waals surface area contributed by atoms with Crippen molar-refractivity contribution >= 4 is 17.5 Å². The maximum absolute atomic E-state index is 12.0. The molecule has 4 N–H and O–H groups in total. The number of carbonyl (C=O) groups is 1. The van der Waals surface area contributed by atoms with E-state index >= 15 is 0 Å². The number of H-pyrrole nitrogens is 1. The fourth-order valence-corrected chi connectivity index (χ4v) is 1.89. The van der Waals surface area contributed by atoms with Crippen LogP contribution < -0.4 is 15.8 Å². The van der Waals surface area contributed by atoms with Gasteiger partial charge in [0.05, 0.1) is 30.4 Å². The number of nitrogens with one attached hydrogen (secondary N) is 2. The van der Waals surface area contributed by atoms with E-state index < -0.39 is 11.7 Å². The van der Waals surface area contributed by atoms with Gasteiger partial charge in [0.1, 0.15) is 11.4 Å². The summed E-state index contributed by atoms with van der Waals surface area (Å²) in [6.45, 7) is 5.40. The topological polar surface area (TPSA) is 102 Å². The fraction of sp³-hybridized carbons (Fsp3) is 0.333. The predicted molar refractivity (Wildman–Crippen MR) is 84.8 cm³/mol. The van der Waals surface area contributed by atoms with E-state index in [0.717, 1.165) is 0 Å².